The van der Waals surface area contributed by atoms with Crippen LogP contribution in [0, 0.1) is 5.82 Å². The van der Waals surface area contributed by atoms with E-state index in [-0.39, 0.29) is 5.82 Å². The van der Waals surface area contributed by atoms with Crippen molar-refractivity contribution in [1.29, 1.82) is 0 Å². The molecule has 0 bridgehead atoms. The molecule has 0 N–H and O–H groups in total. The first-order chi connectivity index (χ1) is 13.3. The maximum atomic E-state index is 14.4. The lowest BCUT2D eigenvalue weighted by Crippen LogP contribution is -1.95. The minimum Gasteiger partial charge on any atom is -0.264 e. The van der Waals surface area contributed by atoms with E-state index in [0.29, 0.717) is 16.9 Å². The zero-order valence-electron chi connectivity index (χ0n) is 14.2. The summed E-state index contributed by atoms with van der Waals surface area (Å²) < 4.78 is 14.4. The molecule has 0 saturated heterocycles. The van der Waals surface area contributed by atoms with Crippen molar-refractivity contribution < 1.29 is 4.39 Å². The highest BCUT2D eigenvalue weighted by Crippen LogP contribution is 2.34. The molecule has 0 unspecified atom stereocenters. The summed E-state index contributed by atoms with van der Waals surface area (Å²) in [5, 5.41) is 2.83. The van der Waals surface area contributed by atoms with E-state index in [0.717, 1.165) is 27.4 Å². The summed E-state index contributed by atoms with van der Waals surface area (Å²) in [5.74, 6) is -0.318. The number of aromatic nitrogens is 4. The van der Waals surface area contributed by atoms with Crippen molar-refractivity contribution >= 4 is 21.8 Å². The Morgan fingerprint density at radius 1 is 0.741 bits per heavy atom. The monoisotopic (exact) mass is 352 g/mol. The SMILES string of the molecule is Fc1ccccc1-c1cc(-c2nccc3cnccc23)c2cccnc2n1. The molecule has 0 aliphatic heterocycles. The Hall–Kier alpha value is -3.73. The van der Waals surface area contributed by atoms with E-state index in [1.54, 1.807) is 43.0 Å². The number of hydrogen-bond acceptors (Lipinski definition) is 4. The predicted molar refractivity (Wildman–Crippen MR) is 103 cm³/mol. The average Bonchev–Trinajstić information content (AvgIpc) is 2.73. The Morgan fingerprint density at radius 3 is 2.59 bits per heavy atom. The molecule has 4 nitrogen and oxygen atoms in total. The zero-order valence-corrected chi connectivity index (χ0v) is 14.2. The third kappa shape index (κ3) is 2.60. The van der Waals surface area contributed by atoms with Crippen LogP contribution >= 0.6 is 0 Å². The molecule has 5 aromatic rings. The van der Waals surface area contributed by atoms with Gasteiger partial charge in [0.15, 0.2) is 5.65 Å². The van der Waals surface area contributed by atoms with Crippen LogP contribution < -0.4 is 0 Å². The molecule has 0 spiro atoms. The van der Waals surface area contributed by atoms with Crippen LogP contribution in [0.25, 0.3) is 44.3 Å². The lowest BCUT2D eigenvalue weighted by Gasteiger charge is -2.11. The smallest absolute Gasteiger partial charge is 0.160 e. The molecule has 0 fully saturated rings. The molecular formula is C22H13FN4. The quantitative estimate of drug-likeness (QED) is 0.446. The highest BCUT2D eigenvalue weighted by atomic mass is 19.1. The van der Waals surface area contributed by atoms with Crippen LogP contribution in [0.15, 0.2) is 79.4 Å². The summed E-state index contributed by atoms with van der Waals surface area (Å²) >= 11 is 0. The van der Waals surface area contributed by atoms with Gasteiger partial charge in [-0.1, -0.05) is 12.1 Å². The fourth-order valence-corrected chi connectivity index (χ4v) is 3.29. The van der Waals surface area contributed by atoms with Crippen LogP contribution in [0.4, 0.5) is 4.39 Å². The van der Waals surface area contributed by atoms with Gasteiger partial charge >= 0.3 is 0 Å². The maximum absolute atomic E-state index is 14.4. The Morgan fingerprint density at radius 2 is 1.67 bits per heavy atom. The van der Waals surface area contributed by atoms with Crippen molar-refractivity contribution in [3.63, 3.8) is 0 Å². The van der Waals surface area contributed by atoms with Gasteiger partial charge in [-0.15, -0.1) is 0 Å². The van der Waals surface area contributed by atoms with Crippen LogP contribution in [0.2, 0.25) is 0 Å². The summed E-state index contributed by atoms with van der Waals surface area (Å²) in [6, 6.07) is 16.2. The van der Waals surface area contributed by atoms with Crippen molar-refractivity contribution in [3.8, 4) is 22.5 Å². The van der Waals surface area contributed by atoms with Gasteiger partial charge in [0.1, 0.15) is 5.82 Å². The molecule has 0 radical (unpaired) electrons. The Balaban J connectivity index is 1.87. The lowest BCUT2D eigenvalue weighted by atomic mass is 10.00. The number of benzene rings is 1. The number of nitrogens with zero attached hydrogens (tertiary/aromatic N) is 4. The van der Waals surface area contributed by atoms with E-state index in [1.165, 1.54) is 6.07 Å². The van der Waals surface area contributed by atoms with Gasteiger partial charge in [0.25, 0.3) is 0 Å². The third-order valence-corrected chi connectivity index (χ3v) is 4.55. The van der Waals surface area contributed by atoms with Crippen molar-refractivity contribution in [2.24, 2.45) is 0 Å². The second-order valence-electron chi connectivity index (χ2n) is 6.17. The van der Waals surface area contributed by atoms with E-state index in [1.807, 2.05) is 30.3 Å². The molecule has 4 aromatic heterocycles. The van der Waals surface area contributed by atoms with E-state index >= 15 is 0 Å². The van der Waals surface area contributed by atoms with Gasteiger partial charge in [-0.3, -0.25) is 9.97 Å². The summed E-state index contributed by atoms with van der Waals surface area (Å²) in [7, 11) is 0. The number of fused-ring (bicyclic) bond motifs is 2. The number of hydrogen-bond donors (Lipinski definition) is 0. The first-order valence-corrected chi connectivity index (χ1v) is 8.51. The minimum atomic E-state index is -0.318. The Kier molecular flexibility index (Phi) is 3.57. The summed E-state index contributed by atoms with van der Waals surface area (Å²) in [6.45, 7) is 0. The zero-order chi connectivity index (χ0) is 18.2. The van der Waals surface area contributed by atoms with E-state index in [2.05, 4.69) is 19.9 Å². The molecule has 4 heterocycles. The topological polar surface area (TPSA) is 51.6 Å². The molecule has 0 aliphatic carbocycles. The van der Waals surface area contributed by atoms with Crippen LogP contribution in [0.3, 0.4) is 0 Å². The van der Waals surface area contributed by atoms with Gasteiger partial charge in [-0.2, -0.15) is 0 Å². The van der Waals surface area contributed by atoms with Crippen molar-refractivity contribution in [1.82, 2.24) is 19.9 Å². The third-order valence-electron chi connectivity index (χ3n) is 4.55. The second-order valence-corrected chi connectivity index (χ2v) is 6.17. The Bertz CT molecular complexity index is 1290. The molecule has 128 valence electrons. The minimum absolute atomic E-state index is 0.318. The lowest BCUT2D eigenvalue weighted by molar-refractivity contribution is 0.631. The van der Waals surface area contributed by atoms with Crippen molar-refractivity contribution in [2.45, 2.75) is 0 Å². The average molecular weight is 352 g/mol. The molecule has 5 rings (SSSR count). The van der Waals surface area contributed by atoms with Gasteiger partial charge < -0.3 is 0 Å². The fraction of sp³-hybridized carbons (Fsp3) is 0. The van der Waals surface area contributed by atoms with Crippen molar-refractivity contribution in [2.75, 3.05) is 0 Å². The van der Waals surface area contributed by atoms with E-state index in [4.69, 9.17) is 0 Å². The summed E-state index contributed by atoms with van der Waals surface area (Å²) in [6.07, 6.45) is 6.99. The summed E-state index contributed by atoms with van der Waals surface area (Å²) in [4.78, 5) is 17.8. The standard InChI is InChI=1S/C22H13FN4/c23-19-6-2-1-4-17(19)20-12-18(16-5-3-9-26-22(16)27-20)21-15-8-10-24-13-14(15)7-11-25-21/h1-13H. The second kappa shape index (κ2) is 6.21. The van der Waals surface area contributed by atoms with Crippen LogP contribution in [-0.4, -0.2) is 19.9 Å². The molecule has 0 aliphatic rings. The molecule has 27 heavy (non-hydrogen) atoms. The van der Waals surface area contributed by atoms with E-state index < -0.39 is 0 Å². The van der Waals surface area contributed by atoms with Crippen LogP contribution in [0.1, 0.15) is 0 Å². The largest absolute Gasteiger partial charge is 0.264 e. The van der Waals surface area contributed by atoms with Gasteiger partial charge in [0, 0.05) is 52.1 Å². The number of pyridine rings is 4. The van der Waals surface area contributed by atoms with Gasteiger partial charge in [-0.25, -0.2) is 14.4 Å². The van der Waals surface area contributed by atoms with Crippen molar-refractivity contribution in [3.05, 3.63) is 85.2 Å². The molecule has 5 heteroatoms. The van der Waals surface area contributed by atoms with E-state index in [9.17, 15) is 4.39 Å². The van der Waals surface area contributed by atoms with Gasteiger partial charge in [-0.05, 0) is 42.5 Å². The first kappa shape index (κ1) is 15.5. The molecule has 1 aromatic carbocycles. The Labute approximate surface area is 154 Å². The maximum Gasteiger partial charge on any atom is 0.160 e. The predicted octanol–water partition coefficient (Wildman–Crippen LogP) is 5.05. The molecule has 0 amide bonds. The summed E-state index contributed by atoms with van der Waals surface area (Å²) in [5.41, 5.74) is 3.19. The highest BCUT2D eigenvalue weighted by molar-refractivity contribution is 6.02. The molecular weight excluding hydrogens is 339 g/mol. The van der Waals surface area contributed by atoms with Gasteiger partial charge in [0.05, 0.1) is 11.4 Å². The van der Waals surface area contributed by atoms with Crippen LogP contribution in [0.5, 0.6) is 0 Å². The fourth-order valence-electron chi connectivity index (χ4n) is 3.29. The van der Waals surface area contributed by atoms with Crippen LogP contribution in [-0.2, 0) is 0 Å². The molecule has 0 saturated carbocycles. The molecule has 0 atom stereocenters. The first-order valence-electron chi connectivity index (χ1n) is 8.51. The highest BCUT2D eigenvalue weighted by Gasteiger charge is 2.15. The number of halogens is 1. The normalized spacial score (nSPS) is 11.1. The van der Waals surface area contributed by atoms with Gasteiger partial charge in [0.2, 0.25) is 0 Å². The number of rotatable bonds is 2.